The van der Waals surface area contributed by atoms with Crippen molar-refractivity contribution < 1.29 is 9.32 Å². The molecule has 1 atom stereocenters. The van der Waals surface area contributed by atoms with Gasteiger partial charge in [-0.1, -0.05) is 5.16 Å². The van der Waals surface area contributed by atoms with Gasteiger partial charge in [-0.05, 0) is 31.5 Å². The van der Waals surface area contributed by atoms with Gasteiger partial charge in [0.1, 0.15) is 6.26 Å². The van der Waals surface area contributed by atoms with Crippen LogP contribution in [0.3, 0.4) is 0 Å². The Morgan fingerprint density at radius 2 is 2.44 bits per heavy atom. The second-order valence-electron chi connectivity index (χ2n) is 4.19. The number of amides is 1. The van der Waals surface area contributed by atoms with E-state index >= 15 is 0 Å². The van der Waals surface area contributed by atoms with E-state index in [1.54, 1.807) is 6.07 Å². The number of hydrogen-bond acceptors (Lipinski definition) is 5. The van der Waals surface area contributed by atoms with E-state index in [0.717, 1.165) is 13.0 Å². The van der Waals surface area contributed by atoms with Crippen molar-refractivity contribution in [3.05, 3.63) is 34.2 Å². The summed E-state index contributed by atoms with van der Waals surface area (Å²) >= 11 is 1.53. The van der Waals surface area contributed by atoms with Crippen LogP contribution < -0.4 is 10.6 Å². The molecule has 0 unspecified atom stereocenters. The number of thiophene rings is 1. The first-order chi connectivity index (χ1) is 8.83. The number of nitrogens with zero attached hydrogens (tertiary/aromatic N) is 1. The van der Waals surface area contributed by atoms with Gasteiger partial charge in [-0.3, -0.25) is 4.79 Å². The highest BCUT2D eigenvalue weighted by molar-refractivity contribution is 7.14. The fourth-order valence-corrected chi connectivity index (χ4v) is 3.06. The Morgan fingerprint density at radius 3 is 3.17 bits per heavy atom. The summed E-state index contributed by atoms with van der Waals surface area (Å²) in [7, 11) is 0. The van der Waals surface area contributed by atoms with Gasteiger partial charge in [0.2, 0.25) is 0 Å². The van der Waals surface area contributed by atoms with Gasteiger partial charge >= 0.3 is 0 Å². The summed E-state index contributed by atoms with van der Waals surface area (Å²) in [5.74, 6) is 0.298. The molecule has 0 aliphatic carbocycles. The Balaban J connectivity index is 1.70. The first kappa shape index (κ1) is 11.4. The summed E-state index contributed by atoms with van der Waals surface area (Å²) in [6.07, 6.45) is 3.77. The number of rotatable bonds is 3. The van der Waals surface area contributed by atoms with Gasteiger partial charge in [-0.2, -0.15) is 0 Å². The molecule has 0 aromatic carbocycles. The van der Waals surface area contributed by atoms with Crippen LogP contribution in [0.25, 0.3) is 0 Å². The lowest BCUT2D eigenvalue weighted by atomic mass is 10.2. The molecule has 0 radical (unpaired) electrons. The molecule has 3 heterocycles. The highest BCUT2D eigenvalue weighted by atomic mass is 32.1. The molecule has 1 aliphatic heterocycles. The van der Waals surface area contributed by atoms with Gasteiger partial charge in [-0.15, -0.1) is 11.3 Å². The van der Waals surface area contributed by atoms with Gasteiger partial charge in [0.15, 0.2) is 5.82 Å². The third-order valence-electron chi connectivity index (χ3n) is 2.93. The molecule has 18 heavy (non-hydrogen) atoms. The number of carbonyl (C=O) groups is 1. The van der Waals surface area contributed by atoms with E-state index in [4.69, 9.17) is 0 Å². The molecular formula is C12H13N3O2S. The maximum Gasteiger partial charge on any atom is 0.266 e. The van der Waals surface area contributed by atoms with Gasteiger partial charge in [0.25, 0.3) is 5.91 Å². The zero-order chi connectivity index (χ0) is 12.4. The van der Waals surface area contributed by atoms with Crippen LogP contribution in [-0.2, 0) is 0 Å². The maximum absolute atomic E-state index is 11.9. The Bertz CT molecular complexity index is 529. The molecule has 5 nitrogen and oxygen atoms in total. The highest BCUT2D eigenvalue weighted by Gasteiger charge is 2.19. The number of aromatic nitrogens is 1. The van der Waals surface area contributed by atoms with Gasteiger partial charge in [0.05, 0.1) is 4.88 Å². The second-order valence-corrected chi connectivity index (χ2v) is 5.31. The topological polar surface area (TPSA) is 67.2 Å². The molecule has 0 saturated carbocycles. The zero-order valence-corrected chi connectivity index (χ0v) is 10.5. The SMILES string of the molecule is O=C(Nc1ccon1)c1ccc([C@H]2CCCN2)s1. The van der Waals surface area contributed by atoms with E-state index in [0.29, 0.717) is 16.7 Å². The van der Waals surface area contributed by atoms with Crippen molar-refractivity contribution in [1.82, 2.24) is 10.5 Å². The average Bonchev–Trinajstić information content (AvgIpc) is 3.11. The molecule has 3 rings (SSSR count). The summed E-state index contributed by atoms with van der Waals surface area (Å²) in [5.41, 5.74) is 0. The molecule has 1 amide bonds. The molecule has 94 valence electrons. The van der Waals surface area contributed by atoms with Crippen molar-refractivity contribution in [2.24, 2.45) is 0 Å². The molecule has 0 bridgehead atoms. The number of hydrogen-bond donors (Lipinski definition) is 2. The van der Waals surface area contributed by atoms with Crippen molar-refractivity contribution in [3.63, 3.8) is 0 Å². The lowest BCUT2D eigenvalue weighted by Crippen LogP contribution is -2.11. The van der Waals surface area contributed by atoms with Crippen molar-refractivity contribution >= 4 is 23.1 Å². The summed E-state index contributed by atoms with van der Waals surface area (Å²) in [6.45, 7) is 1.06. The smallest absolute Gasteiger partial charge is 0.266 e. The molecule has 2 N–H and O–H groups in total. The number of nitrogens with one attached hydrogen (secondary N) is 2. The third-order valence-corrected chi connectivity index (χ3v) is 4.13. The predicted molar refractivity (Wildman–Crippen MR) is 68.8 cm³/mol. The molecule has 1 aliphatic rings. The fourth-order valence-electron chi connectivity index (χ4n) is 2.04. The van der Waals surface area contributed by atoms with Gasteiger partial charge in [0, 0.05) is 17.0 Å². The monoisotopic (exact) mass is 263 g/mol. The van der Waals surface area contributed by atoms with Crippen LogP contribution in [-0.4, -0.2) is 17.6 Å². The first-order valence-electron chi connectivity index (χ1n) is 5.88. The van der Waals surface area contributed by atoms with Crippen molar-refractivity contribution in [1.29, 1.82) is 0 Å². The average molecular weight is 263 g/mol. The maximum atomic E-state index is 11.9. The van der Waals surface area contributed by atoms with Crippen molar-refractivity contribution in [2.75, 3.05) is 11.9 Å². The molecule has 1 fully saturated rings. The Kier molecular flexibility index (Phi) is 3.12. The summed E-state index contributed by atoms with van der Waals surface area (Å²) in [5, 5.41) is 9.76. The zero-order valence-electron chi connectivity index (χ0n) is 9.68. The molecule has 1 saturated heterocycles. The van der Waals surface area contributed by atoms with Crippen LogP contribution in [0.1, 0.15) is 33.4 Å². The summed E-state index contributed by atoms with van der Waals surface area (Å²) in [4.78, 5) is 13.9. The summed E-state index contributed by atoms with van der Waals surface area (Å²) in [6, 6.07) is 5.90. The van der Waals surface area contributed by atoms with Crippen molar-refractivity contribution in [3.8, 4) is 0 Å². The minimum atomic E-state index is -0.141. The van der Waals surface area contributed by atoms with E-state index in [1.807, 2.05) is 12.1 Å². The Morgan fingerprint density at radius 1 is 1.50 bits per heavy atom. The van der Waals surface area contributed by atoms with E-state index in [1.165, 1.54) is 28.9 Å². The quantitative estimate of drug-likeness (QED) is 0.892. The molecule has 2 aromatic rings. The first-order valence-corrected chi connectivity index (χ1v) is 6.69. The lowest BCUT2D eigenvalue weighted by molar-refractivity contribution is 0.102. The standard InChI is InChI=1S/C12H13N3O2S/c16-12(14-11-5-7-17-15-11)10-4-3-9(18-10)8-2-1-6-13-8/h3-5,7-8,13H,1-2,6H2,(H,14,15,16)/t8-/m1/s1. The normalized spacial score (nSPS) is 19.0. The molecule has 2 aromatic heterocycles. The Labute approximate surface area is 108 Å². The Hall–Kier alpha value is -1.66. The van der Waals surface area contributed by atoms with Crippen LogP contribution in [0.5, 0.6) is 0 Å². The van der Waals surface area contributed by atoms with E-state index in [2.05, 4.69) is 20.3 Å². The number of carbonyl (C=O) groups excluding carboxylic acids is 1. The largest absolute Gasteiger partial charge is 0.363 e. The van der Waals surface area contributed by atoms with E-state index in [-0.39, 0.29) is 5.91 Å². The van der Waals surface area contributed by atoms with Crippen LogP contribution >= 0.6 is 11.3 Å². The van der Waals surface area contributed by atoms with Crippen LogP contribution in [0.4, 0.5) is 5.82 Å². The fraction of sp³-hybridized carbons (Fsp3) is 0.333. The van der Waals surface area contributed by atoms with E-state index in [9.17, 15) is 4.79 Å². The molecule has 6 heteroatoms. The predicted octanol–water partition coefficient (Wildman–Crippen LogP) is 2.41. The van der Waals surface area contributed by atoms with Crippen molar-refractivity contribution in [2.45, 2.75) is 18.9 Å². The van der Waals surface area contributed by atoms with Crippen LogP contribution in [0, 0.1) is 0 Å². The van der Waals surface area contributed by atoms with Gasteiger partial charge < -0.3 is 15.2 Å². The highest BCUT2D eigenvalue weighted by Crippen LogP contribution is 2.29. The second kappa shape index (κ2) is 4.91. The molecule has 0 spiro atoms. The van der Waals surface area contributed by atoms with E-state index < -0.39 is 0 Å². The minimum absolute atomic E-state index is 0.141. The number of anilines is 1. The van der Waals surface area contributed by atoms with Crippen LogP contribution in [0.2, 0.25) is 0 Å². The third kappa shape index (κ3) is 2.30. The van der Waals surface area contributed by atoms with Crippen LogP contribution in [0.15, 0.2) is 29.0 Å². The minimum Gasteiger partial charge on any atom is -0.363 e. The lowest BCUT2D eigenvalue weighted by Gasteiger charge is -2.05. The van der Waals surface area contributed by atoms with Gasteiger partial charge in [-0.25, -0.2) is 0 Å². The molecular weight excluding hydrogens is 250 g/mol. The summed E-state index contributed by atoms with van der Waals surface area (Å²) < 4.78 is 4.67.